The number of hydrogen-bond donors (Lipinski definition) is 2. The molecule has 1 aliphatic carbocycles. The van der Waals surface area contributed by atoms with Crippen LogP contribution in [0.5, 0.6) is 0 Å². The molecule has 21 heavy (non-hydrogen) atoms. The van der Waals surface area contributed by atoms with Crippen molar-refractivity contribution >= 4 is 39.2 Å². The van der Waals surface area contributed by atoms with Crippen molar-refractivity contribution in [1.29, 1.82) is 0 Å². The zero-order valence-electron chi connectivity index (χ0n) is 10.6. The maximum atomic E-state index is 13.6. The molecule has 1 aromatic carbocycles. The van der Waals surface area contributed by atoms with E-state index in [-0.39, 0.29) is 5.02 Å². The van der Waals surface area contributed by atoms with E-state index in [1.807, 2.05) is 0 Å². The molecule has 1 aliphatic rings. The zero-order chi connectivity index (χ0) is 15.8. The van der Waals surface area contributed by atoms with Crippen LogP contribution in [0.2, 0.25) is 10.0 Å². The predicted octanol–water partition coefficient (Wildman–Crippen LogP) is 2.66. The molecule has 1 fully saturated rings. The normalized spacial score (nSPS) is 22.4. The van der Waals surface area contributed by atoms with Crippen molar-refractivity contribution in [3.05, 3.63) is 28.0 Å². The lowest BCUT2D eigenvalue weighted by molar-refractivity contribution is -0.141. The number of sulfonamides is 1. The first-order valence-corrected chi connectivity index (χ1v) is 8.36. The van der Waals surface area contributed by atoms with E-state index in [1.54, 1.807) is 0 Å². The van der Waals surface area contributed by atoms with Crippen LogP contribution in [0.25, 0.3) is 0 Å². The number of aliphatic carboxylic acids is 1. The lowest BCUT2D eigenvalue weighted by Gasteiger charge is -2.18. The van der Waals surface area contributed by atoms with Crippen LogP contribution < -0.4 is 4.72 Å². The van der Waals surface area contributed by atoms with E-state index >= 15 is 0 Å². The van der Waals surface area contributed by atoms with Gasteiger partial charge in [0, 0.05) is 6.04 Å². The first-order valence-electron chi connectivity index (χ1n) is 6.12. The van der Waals surface area contributed by atoms with Gasteiger partial charge in [-0.1, -0.05) is 29.6 Å². The largest absolute Gasteiger partial charge is 0.481 e. The van der Waals surface area contributed by atoms with Gasteiger partial charge >= 0.3 is 5.97 Å². The van der Waals surface area contributed by atoms with Gasteiger partial charge in [0.15, 0.2) is 5.82 Å². The van der Waals surface area contributed by atoms with Crippen molar-refractivity contribution in [2.24, 2.45) is 5.92 Å². The summed E-state index contributed by atoms with van der Waals surface area (Å²) in [5, 5.41) is 8.15. The highest BCUT2D eigenvalue weighted by molar-refractivity contribution is 7.89. The van der Waals surface area contributed by atoms with E-state index in [0.29, 0.717) is 19.3 Å². The Morgan fingerprint density at radius 1 is 1.33 bits per heavy atom. The monoisotopic (exact) mass is 355 g/mol. The topological polar surface area (TPSA) is 83.5 Å². The number of halogens is 3. The van der Waals surface area contributed by atoms with Gasteiger partial charge in [-0.15, -0.1) is 0 Å². The van der Waals surface area contributed by atoms with E-state index in [1.165, 1.54) is 0 Å². The van der Waals surface area contributed by atoms with Gasteiger partial charge in [0.1, 0.15) is 4.90 Å². The minimum absolute atomic E-state index is 0.289. The third-order valence-electron chi connectivity index (χ3n) is 3.43. The van der Waals surface area contributed by atoms with Crippen LogP contribution in [0, 0.1) is 11.7 Å². The fourth-order valence-corrected chi connectivity index (χ4v) is 4.43. The van der Waals surface area contributed by atoms with Crippen molar-refractivity contribution in [2.45, 2.75) is 30.2 Å². The predicted molar refractivity (Wildman–Crippen MR) is 75.5 cm³/mol. The fourth-order valence-electron chi connectivity index (χ4n) is 2.38. The Kier molecular flexibility index (Phi) is 4.77. The summed E-state index contributed by atoms with van der Waals surface area (Å²) < 4.78 is 40.4. The standard InChI is InChI=1S/C12H12Cl2FNO4S/c13-7-4-5-9(10(14)11(7)15)21(19,20)16-8-3-1-2-6(8)12(17)18/h4-6,8,16H,1-3H2,(H,17,18). The Morgan fingerprint density at radius 3 is 2.62 bits per heavy atom. The van der Waals surface area contributed by atoms with E-state index in [2.05, 4.69) is 4.72 Å². The zero-order valence-corrected chi connectivity index (χ0v) is 13.0. The third kappa shape index (κ3) is 3.31. The van der Waals surface area contributed by atoms with Crippen LogP contribution in [0.4, 0.5) is 4.39 Å². The molecule has 1 saturated carbocycles. The molecule has 9 heteroatoms. The molecule has 0 bridgehead atoms. The summed E-state index contributed by atoms with van der Waals surface area (Å²) >= 11 is 11.2. The summed E-state index contributed by atoms with van der Waals surface area (Å²) in [6.45, 7) is 0. The molecular weight excluding hydrogens is 344 g/mol. The summed E-state index contributed by atoms with van der Waals surface area (Å²) in [4.78, 5) is 10.6. The highest BCUT2D eigenvalue weighted by atomic mass is 35.5. The number of benzene rings is 1. The smallest absolute Gasteiger partial charge is 0.308 e. The number of carbonyl (C=O) groups is 1. The lowest BCUT2D eigenvalue weighted by atomic mass is 10.1. The quantitative estimate of drug-likeness (QED) is 0.813. The molecule has 2 unspecified atom stereocenters. The Balaban J connectivity index is 2.31. The molecular formula is C12H12Cl2FNO4S. The number of carboxylic acid groups (broad SMARTS) is 1. The molecule has 0 aromatic heterocycles. The Bertz CT molecular complexity index is 680. The minimum atomic E-state index is -4.12. The average molecular weight is 356 g/mol. The van der Waals surface area contributed by atoms with Crippen molar-refractivity contribution in [1.82, 2.24) is 4.72 Å². The van der Waals surface area contributed by atoms with Crippen LogP contribution in [0.3, 0.4) is 0 Å². The van der Waals surface area contributed by atoms with Gasteiger partial charge in [0.05, 0.1) is 16.0 Å². The van der Waals surface area contributed by atoms with Crippen LogP contribution in [-0.2, 0) is 14.8 Å². The van der Waals surface area contributed by atoms with Gasteiger partial charge < -0.3 is 5.11 Å². The molecule has 0 amide bonds. The number of carboxylic acids is 1. The van der Waals surface area contributed by atoms with Crippen LogP contribution in [-0.4, -0.2) is 25.5 Å². The van der Waals surface area contributed by atoms with E-state index in [4.69, 9.17) is 28.3 Å². The average Bonchev–Trinajstić information content (AvgIpc) is 2.83. The molecule has 5 nitrogen and oxygen atoms in total. The Morgan fingerprint density at radius 2 is 2.00 bits per heavy atom. The summed E-state index contributed by atoms with van der Waals surface area (Å²) in [7, 11) is -4.12. The highest BCUT2D eigenvalue weighted by Crippen LogP contribution is 2.31. The molecule has 0 saturated heterocycles. The first kappa shape index (κ1) is 16.5. The van der Waals surface area contributed by atoms with Crippen molar-refractivity contribution in [3.8, 4) is 0 Å². The molecule has 0 heterocycles. The Hall–Kier alpha value is -0.890. The van der Waals surface area contributed by atoms with Crippen molar-refractivity contribution < 1.29 is 22.7 Å². The van der Waals surface area contributed by atoms with Gasteiger partial charge in [0.2, 0.25) is 10.0 Å². The minimum Gasteiger partial charge on any atom is -0.481 e. The van der Waals surface area contributed by atoms with E-state index < -0.39 is 43.7 Å². The molecule has 0 aliphatic heterocycles. The SMILES string of the molecule is O=C(O)C1CCCC1NS(=O)(=O)c1ccc(Cl)c(F)c1Cl. The molecule has 0 spiro atoms. The van der Waals surface area contributed by atoms with Crippen LogP contribution in [0.1, 0.15) is 19.3 Å². The molecule has 0 radical (unpaired) electrons. The number of rotatable bonds is 4. The third-order valence-corrected chi connectivity index (χ3v) is 5.73. The van der Waals surface area contributed by atoms with Gasteiger partial charge in [-0.2, -0.15) is 0 Å². The second-order valence-electron chi connectivity index (χ2n) is 4.78. The second kappa shape index (κ2) is 6.08. The molecule has 116 valence electrons. The van der Waals surface area contributed by atoms with Crippen LogP contribution >= 0.6 is 23.2 Å². The Labute approximate surface area is 131 Å². The fraction of sp³-hybridized carbons (Fsp3) is 0.417. The van der Waals surface area contributed by atoms with Crippen molar-refractivity contribution in [2.75, 3.05) is 0 Å². The summed E-state index contributed by atoms with van der Waals surface area (Å²) in [6.07, 6.45) is 1.40. The highest BCUT2D eigenvalue weighted by Gasteiger charge is 2.36. The van der Waals surface area contributed by atoms with Gasteiger partial charge in [0.25, 0.3) is 0 Å². The number of hydrogen-bond acceptors (Lipinski definition) is 3. The summed E-state index contributed by atoms with van der Waals surface area (Å²) in [5.74, 6) is -2.88. The first-order chi connectivity index (χ1) is 9.74. The van der Waals surface area contributed by atoms with E-state index in [9.17, 15) is 17.6 Å². The molecule has 2 atom stereocenters. The summed E-state index contributed by atoms with van der Waals surface area (Å²) in [6, 6.07) is 1.43. The second-order valence-corrected chi connectivity index (χ2v) is 7.24. The molecule has 1 aromatic rings. The number of nitrogens with one attached hydrogen (secondary N) is 1. The van der Waals surface area contributed by atoms with Gasteiger partial charge in [-0.25, -0.2) is 17.5 Å². The summed E-state index contributed by atoms with van der Waals surface area (Å²) in [5.41, 5.74) is 0. The van der Waals surface area contributed by atoms with Gasteiger partial charge in [-0.05, 0) is 25.0 Å². The van der Waals surface area contributed by atoms with Gasteiger partial charge in [-0.3, -0.25) is 4.79 Å². The maximum Gasteiger partial charge on any atom is 0.308 e. The van der Waals surface area contributed by atoms with Crippen molar-refractivity contribution in [3.63, 3.8) is 0 Å². The van der Waals surface area contributed by atoms with E-state index in [0.717, 1.165) is 12.1 Å². The molecule has 2 N–H and O–H groups in total. The lowest BCUT2D eigenvalue weighted by Crippen LogP contribution is -2.40. The van der Waals surface area contributed by atoms with Crippen LogP contribution in [0.15, 0.2) is 17.0 Å². The molecule has 2 rings (SSSR count). The maximum absolute atomic E-state index is 13.6.